The van der Waals surface area contributed by atoms with Gasteiger partial charge in [0.2, 0.25) is 0 Å². The van der Waals surface area contributed by atoms with Crippen molar-refractivity contribution in [3.8, 4) is 0 Å². The van der Waals surface area contributed by atoms with E-state index in [0.29, 0.717) is 17.9 Å². The molecule has 0 fully saturated rings. The molecule has 1 aliphatic heterocycles. The molecule has 1 N–H and O–H groups in total. The van der Waals surface area contributed by atoms with Gasteiger partial charge in [-0.05, 0) is 18.1 Å². The molecule has 3 rings (SSSR count). The van der Waals surface area contributed by atoms with Crippen molar-refractivity contribution in [1.29, 1.82) is 0 Å². The lowest BCUT2D eigenvalue weighted by atomic mass is 9.99. The van der Waals surface area contributed by atoms with Crippen molar-refractivity contribution in [1.82, 2.24) is 10.1 Å². The average Bonchev–Trinajstić information content (AvgIpc) is 2.91. The molecule has 102 valence electrons. The molecule has 20 heavy (non-hydrogen) atoms. The molecule has 0 atom stereocenters. The van der Waals surface area contributed by atoms with Gasteiger partial charge in [0.25, 0.3) is 5.91 Å². The zero-order chi connectivity index (χ0) is 14.1. The third kappa shape index (κ3) is 2.16. The van der Waals surface area contributed by atoms with Crippen molar-refractivity contribution in [2.24, 2.45) is 0 Å². The number of aromatic carboxylic acids is 1. The van der Waals surface area contributed by atoms with Gasteiger partial charge in [-0.3, -0.25) is 4.79 Å². The predicted octanol–water partition coefficient (Wildman–Crippen LogP) is 1.57. The van der Waals surface area contributed by atoms with Gasteiger partial charge in [0.15, 0.2) is 11.5 Å². The summed E-state index contributed by atoms with van der Waals surface area (Å²) < 4.78 is 4.94. The third-order valence-electron chi connectivity index (χ3n) is 3.31. The minimum atomic E-state index is -1.14. The highest BCUT2D eigenvalue weighted by Gasteiger charge is 2.25. The molecular weight excluding hydrogens is 260 g/mol. The normalized spacial score (nSPS) is 14.2. The number of hydrogen-bond acceptors (Lipinski definition) is 4. The number of carboxylic acids is 1. The van der Waals surface area contributed by atoms with Gasteiger partial charge in [-0.2, -0.15) is 0 Å². The molecule has 0 unspecified atom stereocenters. The first-order chi connectivity index (χ1) is 9.65. The van der Waals surface area contributed by atoms with E-state index >= 15 is 0 Å². The van der Waals surface area contributed by atoms with E-state index in [1.165, 1.54) is 6.07 Å². The Bertz CT molecular complexity index is 677. The zero-order valence-corrected chi connectivity index (χ0v) is 10.6. The van der Waals surface area contributed by atoms with E-state index in [0.717, 1.165) is 12.0 Å². The van der Waals surface area contributed by atoms with Crippen molar-refractivity contribution < 1.29 is 19.2 Å². The van der Waals surface area contributed by atoms with Crippen LogP contribution in [0.25, 0.3) is 0 Å². The maximum absolute atomic E-state index is 12.3. The summed E-state index contributed by atoms with van der Waals surface area (Å²) in [6.07, 6.45) is 0.780. The summed E-state index contributed by atoms with van der Waals surface area (Å²) in [5.41, 5.74) is 1.58. The van der Waals surface area contributed by atoms with Crippen LogP contribution in [0.2, 0.25) is 0 Å². The monoisotopic (exact) mass is 272 g/mol. The average molecular weight is 272 g/mol. The van der Waals surface area contributed by atoms with Crippen LogP contribution < -0.4 is 0 Å². The predicted molar refractivity (Wildman–Crippen MR) is 68.3 cm³/mol. The summed E-state index contributed by atoms with van der Waals surface area (Å²) in [6.45, 7) is 0.812. The molecule has 0 spiro atoms. The smallest absolute Gasteiger partial charge is 0.358 e. The maximum atomic E-state index is 12.3. The highest BCUT2D eigenvalue weighted by Crippen LogP contribution is 2.20. The van der Waals surface area contributed by atoms with Gasteiger partial charge < -0.3 is 14.5 Å². The number of amides is 1. The van der Waals surface area contributed by atoms with E-state index < -0.39 is 5.97 Å². The van der Waals surface area contributed by atoms with Crippen molar-refractivity contribution in [2.45, 2.75) is 13.0 Å². The molecule has 0 radical (unpaired) electrons. The lowest BCUT2D eigenvalue weighted by Gasteiger charge is -2.27. The zero-order valence-electron chi connectivity index (χ0n) is 10.6. The van der Waals surface area contributed by atoms with Gasteiger partial charge in [-0.25, -0.2) is 4.79 Å². The highest BCUT2D eigenvalue weighted by atomic mass is 16.5. The lowest BCUT2D eigenvalue weighted by Crippen LogP contribution is -2.36. The minimum Gasteiger partial charge on any atom is -0.476 e. The summed E-state index contributed by atoms with van der Waals surface area (Å²) in [7, 11) is 0. The summed E-state index contributed by atoms with van der Waals surface area (Å²) in [6, 6.07) is 8.83. The van der Waals surface area contributed by atoms with Gasteiger partial charge in [-0.1, -0.05) is 23.4 Å². The van der Waals surface area contributed by atoms with Crippen molar-refractivity contribution in [2.75, 3.05) is 6.54 Å². The van der Waals surface area contributed by atoms with Crippen LogP contribution in [-0.2, 0) is 13.0 Å². The standard InChI is InChI=1S/C14H12N2O4/c17-13-11-4-2-1-3-9(11)5-6-16(13)8-10-7-12(14(18)19)15-20-10/h1-4,7H,5-6,8H2,(H,18,19). The minimum absolute atomic E-state index is 0.0693. The molecule has 1 aliphatic rings. The second-order valence-electron chi connectivity index (χ2n) is 4.62. The van der Waals surface area contributed by atoms with Gasteiger partial charge in [0.05, 0.1) is 6.54 Å². The van der Waals surface area contributed by atoms with Gasteiger partial charge >= 0.3 is 5.97 Å². The number of carbonyl (C=O) groups excluding carboxylic acids is 1. The molecule has 0 bridgehead atoms. The van der Waals surface area contributed by atoms with E-state index in [-0.39, 0.29) is 18.1 Å². The maximum Gasteiger partial charge on any atom is 0.358 e. The third-order valence-corrected chi connectivity index (χ3v) is 3.31. The molecule has 6 nitrogen and oxygen atoms in total. The highest BCUT2D eigenvalue weighted by molar-refractivity contribution is 5.96. The number of nitrogens with zero attached hydrogens (tertiary/aromatic N) is 2. The Balaban J connectivity index is 1.79. The molecule has 1 aromatic heterocycles. The van der Waals surface area contributed by atoms with Gasteiger partial charge in [0, 0.05) is 18.2 Å². The number of benzene rings is 1. The molecule has 2 aromatic rings. The van der Waals surface area contributed by atoms with E-state index in [9.17, 15) is 9.59 Å². The Morgan fingerprint density at radius 3 is 2.95 bits per heavy atom. The number of rotatable bonds is 3. The van der Waals surface area contributed by atoms with Crippen LogP contribution >= 0.6 is 0 Å². The van der Waals surface area contributed by atoms with Crippen LogP contribution in [0.1, 0.15) is 32.2 Å². The van der Waals surface area contributed by atoms with Gasteiger partial charge in [-0.15, -0.1) is 0 Å². The number of carboxylic acid groups (broad SMARTS) is 1. The van der Waals surface area contributed by atoms with Gasteiger partial charge in [0.1, 0.15) is 0 Å². The SMILES string of the molecule is O=C(O)c1cc(CN2CCc3ccccc3C2=O)on1. The molecule has 2 heterocycles. The first-order valence-corrected chi connectivity index (χ1v) is 6.21. The number of carbonyl (C=O) groups is 2. The topological polar surface area (TPSA) is 83.6 Å². The fourth-order valence-electron chi connectivity index (χ4n) is 2.30. The van der Waals surface area contributed by atoms with Crippen LogP contribution in [-0.4, -0.2) is 33.6 Å². The van der Waals surface area contributed by atoms with Crippen LogP contribution in [0.15, 0.2) is 34.9 Å². The van der Waals surface area contributed by atoms with Crippen LogP contribution in [0.3, 0.4) is 0 Å². The van der Waals surface area contributed by atoms with Crippen LogP contribution in [0, 0.1) is 0 Å². The largest absolute Gasteiger partial charge is 0.476 e. The Labute approximate surface area is 114 Å². The fourth-order valence-corrected chi connectivity index (χ4v) is 2.30. The van der Waals surface area contributed by atoms with Crippen LogP contribution in [0.5, 0.6) is 0 Å². The second kappa shape index (κ2) is 4.80. The molecule has 0 aliphatic carbocycles. The number of aromatic nitrogens is 1. The fraction of sp³-hybridized carbons (Fsp3) is 0.214. The van der Waals surface area contributed by atoms with E-state index in [1.54, 1.807) is 11.0 Å². The molecular formula is C14H12N2O4. The Morgan fingerprint density at radius 1 is 1.40 bits per heavy atom. The Hall–Kier alpha value is -2.63. The molecule has 6 heteroatoms. The number of fused-ring (bicyclic) bond motifs is 1. The first kappa shape index (κ1) is 12.4. The molecule has 0 saturated heterocycles. The Morgan fingerprint density at radius 2 is 2.20 bits per heavy atom. The van der Waals surface area contributed by atoms with Crippen molar-refractivity contribution in [3.63, 3.8) is 0 Å². The molecule has 0 saturated carbocycles. The van der Waals surface area contributed by atoms with Crippen molar-refractivity contribution >= 4 is 11.9 Å². The van der Waals surface area contributed by atoms with E-state index in [2.05, 4.69) is 5.16 Å². The quantitative estimate of drug-likeness (QED) is 0.916. The first-order valence-electron chi connectivity index (χ1n) is 6.21. The summed E-state index contributed by atoms with van der Waals surface area (Å²) in [4.78, 5) is 24.7. The Kier molecular flexibility index (Phi) is 2.98. The van der Waals surface area contributed by atoms with E-state index in [4.69, 9.17) is 9.63 Å². The molecule has 1 amide bonds. The lowest BCUT2D eigenvalue weighted by molar-refractivity contribution is 0.0678. The summed E-state index contributed by atoms with van der Waals surface area (Å²) in [5, 5.41) is 12.2. The molecule has 1 aromatic carbocycles. The summed E-state index contributed by atoms with van der Waals surface area (Å²) in [5.74, 6) is -0.842. The van der Waals surface area contributed by atoms with Crippen LogP contribution in [0.4, 0.5) is 0 Å². The van der Waals surface area contributed by atoms with E-state index in [1.807, 2.05) is 18.2 Å². The second-order valence-corrected chi connectivity index (χ2v) is 4.62. The van der Waals surface area contributed by atoms with Crippen molar-refractivity contribution in [3.05, 3.63) is 52.9 Å². The summed E-state index contributed by atoms with van der Waals surface area (Å²) >= 11 is 0. The number of hydrogen-bond donors (Lipinski definition) is 1.